The maximum absolute atomic E-state index is 10.9. The van der Waals surface area contributed by atoms with Crippen LogP contribution in [0, 0.1) is 0 Å². The number of aromatic nitrogens is 2. The van der Waals surface area contributed by atoms with E-state index in [1.165, 1.54) is 12.1 Å². The molecule has 0 aliphatic rings. The lowest BCUT2D eigenvalue weighted by Crippen LogP contribution is -1.95. The quantitative estimate of drug-likeness (QED) is 0.792. The van der Waals surface area contributed by atoms with Crippen molar-refractivity contribution in [1.82, 2.24) is 10.2 Å². The summed E-state index contributed by atoms with van der Waals surface area (Å²) >= 11 is 1.54. The van der Waals surface area contributed by atoms with E-state index in [-0.39, 0.29) is 5.56 Å². The zero-order valence-electron chi connectivity index (χ0n) is 9.61. The smallest absolute Gasteiger partial charge is 0.335 e. The van der Waals surface area contributed by atoms with Crippen molar-refractivity contribution < 1.29 is 14.3 Å². The largest absolute Gasteiger partial charge is 0.478 e. The summed E-state index contributed by atoms with van der Waals surface area (Å²) in [5.74, 6) is -0.249. The number of thiophene rings is 1. The van der Waals surface area contributed by atoms with Gasteiger partial charge in [-0.05, 0) is 29.6 Å². The highest BCUT2D eigenvalue weighted by atomic mass is 32.1. The number of hydrogen-bond donors (Lipinski definition) is 1. The number of carbonyl (C=O) groups is 1. The van der Waals surface area contributed by atoms with Gasteiger partial charge >= 0.3 is 5.97 Å². The number of carboxylic acids is 1. The van der Waals surface area contributed by atoms with Crippen molar-refractivity contribution in [2.75, 3.05) is 0 Å². The molecule has 0 spiro atoms. The van der Waals surface area contributed by atoms with Crippen molar-refractivity contribution in [3.8, 4) is 22.9 Å². The molecular formula is C13H8N2O3S. The Balaban J connectivity index is 1.99. The van der Waals surface area contributed by atoms with E-state index >= 15 is 0 Å². The third-order valence-electron chi connectivity index (χ3n) is 2.55. The van der Waals surface area contributed by atoms with Crippen LogP contribution >= 0.6 is 11.3 Å². The first-order valence-corrected chi connectivity index (χ1v) is 6.38. The van der Waals surface area contributed by atoms with E-state index in [1.54, 1.807) is 23.5 Å². The molecule has 1 N–H and O–H groups in total. The predicted molar refractivity (Wildman–Crippen MR) is 70.0 cm³/mol. The standard InChI is InChI=1S/C13H8N2O3S/c16-13(17)9-3-1-2-8(6-9)11-14-15-12(18-11)10-4-5-19-7-10/h1-7H,(H,16,17). The number of nitrogens with zero attached hydrogens (tertiary/aromatic N) is 2. The van der Waals surface area contributed by atoms with Gasteiger partial charge in [0, 0.05) is 16.5 Å². The second-order valence-corrected chi connectivity index (χ2v) is 4.59. The van der Waals surface area contributed by atoms with Gasteiger partial charge in [0.2, 0.25) is 11.8 Å². The van der Waals surface area contributed by atoms with E-state index in [4.69, 9.17) is 9.52 Å². The van der Waals surface area contributed by atoms with Crippen LogP contribution in [0.25, 0.3) is 22.9 Å². The van der Waals surface area contributed by atoms with Crippen molar-refractivity contribution in [2.45, 2.75) is 0 Å². The van der Waals surface area contributed by atoms with Crippen LogP contribution in [-0.2, 0) is 0 Å². The van der Waals surface area contributed by atoms with Crippen molar-refractivity contribution in [3.05, 3.63) is 46.7 Å². The van der Waals surface area contributed by atoms with Crippen LogP contribution in [0.5, 0.6) is 0 Å². The monoisotopic (exact) mass is 272 g/mol. The van der Waals surface area contributed by atoms with Crippen LogP contribution in [0.15, 0.2) is 45.5 Å². The summed E-state index contributed by atoms with van der Waals surface area (Å²) in [6, 6.07) is 8.29. The highest BCUT2D eigenvalue weighted by molar-refractivity contribution is 7.08. The molecular weight excluding hydrogens is 264 g/mol. The molecule has 5 nitrogen and oxygen atoms in total. The summed E-state index contributed by atoms with van der Waals surface area (Å²) in [4.78, 5) is 10.9. The molecule has 0 aliphatic carbocycles. The van der Waals surface area contributed by atoms with Crippen molar-refractivity contribution in [3.63, 3.8) is 0 Å². The van der Waals surface area contributed by atoms with E-state index in [1.807, 2.05) is 16.8 Å². The first-order valence-electron chi connectivity index (χ1n) is 5.44. The Labute approximate surface area is 112 Å². The molecule has 1 aromatic carbocycles. The van der Waals surface area contributed by atoms with E-state index < -0.39 is 5.97 Å². The lowest BCUT2D eigenvalue weighted by atomic mass is 10.1. The Morgan fingerprint density at radius 1 is 1.16 bits per heavy atom. The predicted octanol–water partition coefficient (Wildman–Crippen LogP) is 3.16. The SMILES string of the molecule is O=C(O)c1cccc(-c2nnc(-c3ccsc3)o2)c1. The van der Waals surface area contributed by atoms with Crippen LogP contribution in [0.1, 0.15) is 10.4 Å². The number of carboxylic acid groups (broad SMARTS) is 1. The summed E-state index contributed by atoms with van der Waals surface area (Å²) in [7, 11) is 0. The fourth-order valence-electron chi connectivity index (χ4n) is 1.63. The van der Waals surface area contributed by atoms with E-state index in [9.17, 15) is 4.79 Å². The Kier molecular flexibility index (Phi) is 2.85. The zero-order valence-corrected chi connectivity index (χ0v) is 10.4. The van der Waals surface area contributed by atoms with Crippen molar-refractivity contribution >= 4 is 17.3 Å². The molecule has 0 amide bonds. The molecule has 2 heterocycles. The van der Waals surface area contributed by atoms with Gasteiger partial charge in [0.15, 0.2) is 0 Å². The second-order valence-electron chi connectivity index (χ2n) is 3.81. The maximum atomic E-state index is 10.9. The number of aromatic carboxylic acids is 1. The fourth-order valence-corrected chi connectivity index (χ4v) is 2.26. The van der Waals surface area contributed by atoms with Gasteiger partial charge in [-0.3, -0.25) is 0 Å². The van der Waals surface area contributed by atoms with E-state index in [0.717, 1.165) is 5.56 Å². The zero-order chi connectivity index (χ0) is 13.2. The Hall–Kier alpha value is -2.47. The second kappa shape index (κ2) is 4.66. The summed E-state index contributed by atoms with van der Waals surface area (Å²) in [6.45, 7) is 0. The molecule has 0 radical (unpaired) electrons. The first kappa shape index (κ1) is 11.6. The van der Waals surface area contributed by atoms with Crippen molar-refractivity contribution in [2.24, 2.45) is 0 Å². The molecule has 94 valence electrons. The van der Waals surface area contributed by atoms with Gasteiger partial charge in [0.25, 0.3) is 0 Å². The van der Waals surface area contributed by atoms with Gasteiger partial charge in [0.1, 0.15) is 0 Å². The Morgan fingerprint density at radius 3 is 2.63 bits per heavy atom. The first-order chi connectivity index (χ1) is 9.24. The minimum atomic E-state index is -0.987. The third-order valence-corrected chi connectivity index (χ3v) is 3.23. The Bertz CT molecular complexity index is 719. The molecule has 0 saturated heterocycles. The molecule has 0 aliphatic heterocycles. The topological polar surface area (TPSA) is 76.2 Å². The highest BCUT2D eigenvalue weighted by Gasteiger charge is 2.12. The van der Waals surface area contributed by atoms with Gasteiger partial charge in [-0.2, -0.15) is 11.3 Å². The summed E-state index contributed by atoms with van der Waals surface area (Å²) in [6.07, 6.45) is 0. The molecule has 0 bridgehead atoms. The molecule has 6 heteroatoms. The maximum Gasteiger partial charge on any atom is 0.335 e. The number of rotatable bonds is 3. The summed E-state index contributed by atoms with van der Waals surface area (Å²) in [5.41, 5.74) is 1.64. The molecule has 3 aromatic rings. The van der Waals surface area contributed by atoms with Crippen LogP contribution in [0.4, 0.5) is 0 Å². The molecule has 2 aromatic heterocycles. The van der Waals surface area contributed by atoms with Crippen LogP contribution in [0.3, 0.4) is 0 Å². The number of benzene rings is 1. The Morgan fingerprint density at radius 2 is 1.95 bits per heavy atom. The van der Waals surface area contributed by atoms with E-state index in [0.29, 0.717) is 17.3 Å². The average Bonchev–Trinajstić information content (AvgIpc) is 3.09. The van der Waals surface area contributed by atoms with E-state index in [2.05, 4.69) is 10.2 Å². The van der Waals surface area contributed by atoms with Gasteiger partial charge < -0.3 is 9.52 Å². The number of hydrogen-bond acceptors (Lipinski definition) is 5. The lowest BCUT2D eigenvalue weighted by Gasteiger charge is -1.97. The molecule has 0 fully saturated rings. The summed E-state index contributed by atoms with van der Waals surface area (Å²) < 4.78 is 5.54. The summed E-state index contributed by atoms with van der Waals surface area (Å²) in [5, 5.41) is 20.7. The van der Waals surface area contributed by atoms with Crippen LogP contribution in [-0.4, -0.2) is 21.3 Å². The van der Waals surface area contributed by atoms with Gasteiger partial charge in [0.05, 0.1) is 5.56 Å². The lowest BCUT2D eigenvalue weighted by molar-refractivity contribution is 0.0697. The average molecular weight is 272 g/mol. The van der Waals surface area contributed by atoms with Gasteiger partial charge in [-0.15, -0.1) is 10.2 Å². The normalized spacial score (nSPS) is 10.5. The van der Waals surface area contributed by atoms with Gasteiger partial charge in [-0.25, -0.2) is 4.79 Å². The van der Waals surface area contributed by atoms with Crippen LogP contribution in [0.2, 0.25) is 0 Å². The molecule has 0 atom stereocenters. The molecule has 0 saturated carbocycles. The van der Waals surface area contributed by atoms with Gasteiger partial charge in [-0.1, -0.05) is 6.07 Å². The molecule has 19 heavy (non-hydrogen) atoms. The minimum absolute atomic E-state index is 0.188. The molecule has 3 rings (SSSR count). The highest BCUT2D eigenvalue weighted by Crippen LogP contribution is 2.25. The fraction of sp³-hybridized carbons (Fsp3) is 0. The van der Waals surface area contributed by atoms with Crippen LogP contribution < -0.4 is 0 Å². The third kappa shape index (κ3) is 2.25. The molecule has 0 unspecified atom stereocenters. The minimum Gasteiger partial charge on any atom is -0.478 e. The van der Waals surface area contributed by atoms with Crippen molar-refractivity contribution in [1.29, 1.82) is 0 Å².